The molecule has 2 aromatic heterocycles. The third-order valence-corrected chi connectivity index (χ3v) is 5.72. The van der Waals surface area contributed by atoms with Gasteiger partial charge in [0.2, 0.25) is 0 Å². The zero-order valence-electron chi connectivity index (χ0n) is 16.7. The minimum absolute atomic E-state index is 0.909. The van der Waals surface area contributed by atoms with Crippen LogP contribution in [0.4, 0.5) is 0 Å². The summed E-state index contributed by atoms with van der Waals surface area (Å²) in [4.78, 5) is 5.01. The predicted molar refractivity (Wildman–Crippen MR) is 126 cm³/mol. The summed E-state index contributed by atoms with van der Waals surface area (Å²) in [7, 11) is 0. The Balaban J connectivity index is 1.77. The second-order valence-corrected chi connectivity index (χ2v) is 8.17. The van der Waals surface area contributed by atoms with Crippen LogP contribution in [0.3, 0.4) is 0 Å². The standard InChI is InChI=1S/C25H21BrN4/c1-2-16-29-23-11-7-6-10-22(23)27-25(29)21-17-30(20-8-4-3-5-9-20)28-24(21)18-12-14-19(26)15-13-18/h3-15,17H,2,16H2,1H3. The van der Waals surface area contributed by atoms with Gasteiger partial charge in [-0.25, -0.2) is 9.67 Å². The Morgan fingerprint density at radius 3 is 2.37 bits per heavy atom. The highest BCUT2D eigenvalue weighted by Gasteiger charge is 2.20. The number of imidazole rings is 1. The average molecular weight is 457 g/mol. The minimum Gasteiger partial charge on any atom is -0.324 e. The van der Waals surface area contributed by atoms with E-state index < -0.39 is 0 Å². The number of fused-ring (bicyclic) bond motifs is 1. The van der Waals surface area contributed by atoms with Crippen molar-refractivity contribution in [3.63, 3.8) is 0 Å². The molecule has 0 aliphatic rings. The molecular weight excluding hydrogens is 436 g/mol. The number of nitrogens with zero attached hydrogens (tertiary/aromatic N) is 4. The number of halogens is 1. The van der Waals surface area contributed by atoms with Crippen molar-refractivity contribution >= 4 is 27.0 Å². The number of benzene rings is 3. The smallest absolute Gasteiger partial charge is 0.144 e. The van der Waals surface area contributed by atoms with Crippen molar-refractivity contribution in [3.05, 3.63) is 89.5 Å². The molecule has 0 atom stereocenters. The van der Waals surface area contributed by atoms with Crippen LogP contribution in [0, 0.1) is 0 Å². The van der Waals surface area contributed by atoms with Gasteiger partial charge in [-0.2, -0.15) is 5.10 Å². The zero-order chi connectivity index (χ0) is 20.5. The second-order valence-electron chi connectivity index (χ2n) is 7.25. The monoisotopic (exact) mass is 456 g/mol. The molecule has 0 spiro atoms. The molecule has 0 bridgehead atoms. The first kappa shape index (κ1) is 18.8. The third-order valence-electron chi connectivity index (χ3n) is 5.20. The van der Waals surface area contributed by atoms with Crippen molar-refractivity contribution < 1.29 is 0 Å². The first-order valence-electron chi connectivity index (χ1n) is 10.1. The molecule has 0 aliphatic heterocycles. The molecule has 0 saturated carbocycles. The molecule has 5 heteroatoms. The van der Waals surface area contributed by atoms with Gasteiger partial charge in [0.25, 0.3) is 0 Å². The summed E-state index contributed by atoms with van der Waals surface area (Å²) in [6.45, 7) is 3.10. The maximum absolute atomic E-state index is 5.01. The van der Waals surface area contributed by atoms with Crippen LogP contribution in [-0.2, 0) is 6.54 Å². The quantitative estimate of drug-likeness (QED) is 0.293. The van der Waals surface area contributed by atoms with Crippen LogP contribution in [0.25, 0.3) is 39.4 Å². The maximum Gasteiger partial charge on any atom is 0.144 e. The number of hydrogen-bond donors (Lipinski definition) is 0. The first-order chi connectivity index (χ1) is 14.7. The summed E-state index contributed by atoms with van der Waals surface area (Å²) in [5, 5.41) is 4.98. The van der Waals surface area contributed by atoms with Crippen molar-refractivity contribution in [2.75, 3.05) is 0 Å². The van der Waals surface area contributed by atoms with E-state index in [1.807, 2.05) is 28.9 Å². The summed E-state index contributed by atoms with van der Waals surface area (Å²) in [6.07, 6.45) is 3.13. The van der Waals surface area contributed by atoms with Crippen molar-refractivity contribution in [3.8, 4) is 28.3 Å². The summed E-state index contributed by atoms with van der Waals surface area (Å²) in [6, 6.07) is 26.8. The van der Waals surface area contributed by atoms with Crippen molar-refractivity contribution in [1.82, 2.24) is 19.3 Å². The van der Waals surface area contributed by atoms with Gasteiger partial charge < -0.3 is 4.57 Å². The summed E-state index contributed by atoms with van der Waals surface area (Å²) < 4.78 is 5.31. The van der Waals surface area contributed by atoms with Crippen molar-refractivity contribution in [2.45, 2.75) is 19.9 Å². The lowest BCUT2D eigenvalue weighted by atomic mass is 10.1. The summed E-state index contributed by atoms with van der Waals surface area (Å²) in [5.74, 6) is 0.957. The Morgan fingerprint density at radius 1 is 0.867 bits per heavy atom. The van der Waals surface area contributed by atoms with Crippen molar-refractivity contribution in [1.29, 1.82) is 0 Å². The Bertz CT molecular complexity index is 1300. The van der Waals surface area contributed by atoms with Gasteiger partial charge in [-0.1, -0.05) is 65.3 Å². The number of para-hydroxylation sites is 3. The fraction of sp³-hybridized carbons (Fsp3) is 0.120. The summed E-state index contributed by atoms with van der Waals surface area (Å²) in [5.41, 5.74) is 6.22. The van der Waals surface area contributed by atoms with Gasteiger partial charge in [0.1, 0.15) is 11.5 Å². The highest BCUT2D eigenvalue weighted by Crippen LogP contribution is 2.34. The van der Waals surface area contributed by atoms with Crippen LogP contribution in [0.1, 0.15) is 13.3 Å². The lowest BCUT2D eigenvalue weighted by molar-refractivity contribution is 0.704. The number of rotatable bonds is 5. The highest BCUT2D eigenvalue weighted by atomic mass is 79.9. The van der Waals surface area contributed by atoms with Crippen molar-refractivity contribution in [2.24, 2.45) is 0 Å². The summed E-state index contributed by atoms with van der Waals surface area (Å²) >= 11 is 3.54. The Hall–Kier alpha value is -3.18. The molecule has 0 fully saturated rings. The molecule has 0 radical (unpaired) electrons. The largest absolute Gasteiger partial charge is 0.324 e. The SMILES string of the molecule is CCCn1c(-c2cn(-c3ccccc3)nc2-c2ccc(Br)cc2)nc2ccccc21. The van der Waals surface area contributed by atoms with Crippen LogP contribution in [0.5, 0.6) is 0 Å². The Labute approximate surface area is 183 Å². The predicted octanol–water partition coefficient (Wildman–Crippen LogP) is 6.73. The third kappa shape index (κ3) is 3.35. The van der Waals surface area contributed by atoms with Gasteiger partial charge >= 0.3 is 0 Å². The zero-order valence-corrected chi connectivity index (χ0v) is 18.2. The topological polar surface area (TPSA) is 35.6 Å². The average Bonchev–Trinajstić information content (AvgIpc) is 3.38. The normalized spacial score (nSPS) is 11.3. The number of aromatic nitrogens is 4. The molecule has 148 valence electrons. The molecule has 3 aromatic carbocycles. The van der Waals surface area contributed by atoms with Crippen LogP contribution in [-0.4, -0.2) is 19.3 Å². The van der Waals surface area contributed by atoms with Gasteiger partial charge in [0.05, 0.1) is 22.3 Å². The lowest BCUT2D eigenvalue weighted by Gasteiger charge is -2.08. The van der Waals surface area contributed by atoms with E-state index in [0.717, 1.165) is 56.8 Å². The van der Waals surface area contributed by atoms with E-state index in [1.54, 1.807) is 0 Å². The van der Waals surface area contributed by atoms with Gasteiger partial charge in [0.15, 0.2) is 0 Å². The molecule has 5 aromatic rings. The molecule has 0 aliphatic carbocycles. The molecule has 2 heterocycles. The van der Waals surface area contributed by atoms with Crippen LogP contribution >= 0.6 is 15.9 Å². The van der Waals surface area contributed by atoms with Gasteiger partial charge in [0, 0.05) is 22.8 Å². The molecule has 0 unspecified atom stereocenters. The van der Waals surface area contributed by atoms with Gasteiger partial charge in [-0.3, -0.25) is 0 Å². The molecular formula is C25H21BrN4. The minimum atomic E-state index is 0.909. The molecule has 0 N–H and O–H groups in total. The lowest BCUT2D eigenvalue weighted by Crippen LogP contribution is -2.00. The van der Waals surface area contributed by atoms with E-state index in [1.165, 1.54) is 0 Å². The van der Waals surface area contributed by atoms with E-state index in [4.69, 9.17) is 10.1 Å². The van der Waals surface area contributed by atoms with Gasteiger partial charge in [-0.15, -0.1) is 0 Å². The van der Waals surface area contributed by atoms with E-state index in [2.05, 4.69) is 88.2 Å². The fourth-order valence-electron chi connectivity index (χ4n) is 3.80. The van der Waals surface area contributed by atoms with Crippen LogP contribution in [0.15, 0.2) is 89.5 Å². The highest BCUT2D eigenvalue weighted by molar-refractivity contribution is 9.10. The molecule has 30 heavy (non-hydrogen) atoms. The molecule has 4 nitrogen and oxygen atoms in total. The van der Waals surface area contributed by atoms with E-state index >= 15 is 0 Å². The van der Waals surface area contributed by atoms with Crippen LogP contribution in [0.2, 0.25) is 0 Å². The number of aryl methyl sites for hydroxylation is 1. The number of hydrogen-bond acceptors (Lipinski definition) is 2. The van der Waals surface area contributed by atoms with Crippen LogP contribution < -0.4 is 0 Å². The Morgan fingerprint density at radius 2 is 1.60 bits per heavy atom. The second kappa shape index (κ2) is 7.92. The van der Waals surface area contributed by atoms with E-state index in [0.29, 0.717) is 0 Å². The maximum atomic E-state index is 5.01. The molecule has 0 amide bonds. The molecule has 5 rings (SSSR count). The van der Waals surface area contributed by atoms with Gasteiger partial charge in [-0.05, 0) is 42.8 Å². The first-order valence-corrected chi connectivity index (χ1v) is 10.9. The van der Waals surface area contributed by atoms with E-state index in [9.17, 15) is 0 Å². The molecule has 0 saturated heterocycles. The fourth-order valence-corrected chi connectivity index (χ4v) is 4.07. The Kier molecular flexibility index (Phi) is 4.97. The van der Waals surface area contributed by atoms with E-state index in [-0.39, 0.29) is 0 Å².